The molecule has 1 heterocycles. The number of anilines is 1. The Morgan fingerprint density at radius 3 is 2.73 bits per heavy atom. The quantitative estimate of drug-likeness (QED) is 0.435. The number of benzene rings is 1. The third-order valence-corrected chi connectivity index (χ3v) is 4.09. The first-order valence-electron chi connectivity index (χ1n) is 8.68. The van der Waals surface area contributed by atoms with Gasteiger partial charge in [0.15, 0.2) is 6.61 Å². The Morgan fingerprint density at radius 1 is 1.38 bits per heavy atom. The highest BCUT2D eigenvalue weighted by Crippen LogP contribution is 2.32. The van der Waals surface area contributed by atoms with Gasteiger partial charge in [-0.05, 0) is 44.7 Å². The number of carbonyl (C=O) groups is 2. The molecule has 1 aliphatic heterocycles. The molecule has 0 aromatic heterocycles. The van der Waals surface area contributed by atoms with Gasteiger partial charge in [-0.3, -0.25) is 10.1 Å². The van der Waals surface area contributed by atoms with Gasteiger partial charge in [0, 0.05) is 19.2 Å². The third kappa shape index (κ3) is 5.18. The van der Waals surface area contributed by atoms with Gasteiger partial charge in [-0.25, -0.2) is 9.59 Å². The molecular weight excluding hydrogens is 340 g/mol. The lowest BCUT2D eigenvalue weighted by molar-refractivity contribution is -0.384. The molecule has 1 fully saturated rings. The zero-order valence-electron chi connectivity index (χ0n) is 15.3. The fourth-order valence-electron chi connectivity index (χ4n) is 2.98. The van der Waals surface area contributed by atoms with Crippen LogP contribution in [-0.4, -0.2) is 42.7 Å². The fraction of sp³-hybridized carbons (Fsp3) is 0.556. The Morgan fingerprint density at radius 2 is 2.12 bits per heavy atom. The molecule has 0 spiro atoms. The van der Waals surface area contributed by atoms with Crippen molar-refractivity contribution in [2.75, 3.05) is 24.6 Å². The molecule has 1 saturated heterocycles. The van der Waals surface area contributed by atoms with Crippen LogP contribution in [0.25, 0.3) is 0 Å². The molecule has 1 aromatic rings. The van der Waals surface area contributed by atoms with Crippen LogP contribution >= 0.6 is 0 Å². The van der Waals surface area contributed by atoms with E-state index in [0.29, 0.717) is 11.6 Å². The highest BCUT2D eigenvalue weighted by molar-refractivity contribution is 5.92. The minimum atomic E-state index is -0.799. The SMILES string of the molecule is CC1CCCN(c2ccc(C(=O)OCC(=O)OC(C)C)cc2[N+](=O)[O-])C1. The van der Waals surface area contributed by atoms with Crippen LogP contribution in [0.5, 0.6) is 0 Å². The second-order valence-corrected chi connectivity index (χ2v) is 6.77. The molecule has 142 valence electrons. The van der Waals surface area contributed by atoms with Crippen LogP contribution in [0.2, 0.25) is 0 Å². The van der Waals surface area contributed by atoms with Crippen LogP contribution in [0.3, 0.4) is 0 Å². The lowest BCUT2D eigenvalue weighted by atomic mass is 9.99. The van der Waals surface area contributed by atoms with E-state index in [1.165, 1.54) is 12.1 Å². The van der Waals surface area contributed by atoms with Crippen molar-refractivity contribution in [3.8, 4) is 0 Å². The minimum Gasteiger partial charge on any atom is -0.460 e. The molecule has 1 aromatic carbocycles. The number of nitrogens with zero attached hydrogens (tertiary/aromatic N) is 2. The van der Waals surface area contributed by atoms with Gasteiger partial charge in [0.25, 0.3) is 5.69 Å². The van der Waals surface area contributed by atoms with Crippen LogP contribution in [0.4, 0.5) is 11.4 Å². The van der Waals surface area contributed by atoms with Gasteiger partial charge in [0.05, 0.1) is 16.6 Å². The summed E-state index contributed by atoms with van der Waals surface area (Å²) in [5.74, 6) is -1.01. The topological polar surface area (TPSA) is 99.0 Å². The summed E-state index contributed by atoms with van der Waals surface area (Å²) in [6.45, 7) is 6.43. The van der Waals surface area contributed by atoms with Gasteiger partial charge < -0.3 is 14.4 Å². The second kappa shape index (κ2) is 8.64. The predicted octanol–water partition coefficient (Wildman–Crippen LogP) is 2.94. The maximum absolute atomic E-state index is 12.1. The number of ether oxygens (including phenoxy) is 2. The van der Waals surface area contributed by atoms with Crippen LogP contribution in [-0.2, 0) is 14.3 Å². The van der Waals surface area contributed by atoms with Crippen molar-refractivity contribution in [2.24, 2.45) is 5.92 Å². The van der Waals surface area contributed by atoms with Gasteiger partial charge in [-0.1, -0.05) is 6.92 Å². The van der Waals surface area contributed by atoms with Crippen molar-refractivity contribution in [1.29, 1.82) is 0 Å². The van der Waals surface area contributed by atoms with Gasteiger partial charge in [-0.2, -0.15) is 0 Å². The Kier molecular flexibility index (Phi) is 6.54. The zero-order chi connectivity index (χ0) is 19.3. The number of hydrogen-bond donors (Lipinski definition) is 0. The van der Waals surface area contributed by atoms with E-state index in [9.17, 15) is 19.7 Å². The lowest BCUT2D eigenvalue weighted by Gasteiger charge is -2.32. The molecular formula is C18H24N2O6. The molecule has 0 N–H and O–H groups in total. The number of rotatable bonds is 6. The molecule has 0 saturated carbocycles. The molecule has 2 rings (SSSR count). The molecule has 26 heavy (non-hydrogen) atoms. The minimum absolute atomic E-state index is 0.0304. The normalized spacial score (nSPS) is 17.1. The first kappa shape index (κ1) is 19.7. The molecule has 1 atom stereocenters. The Labute approximate surface area is 152 Å². The summed E-state index contributed by atoms with van der Waals surface area (Å²) in [6, 6.07) is 4.25. The molecule has 0 bridgehead atoms. The van der Waals surface area contributed by atoms with E-state index < -0.39 is 23.5 Å². The number of nitro benzene ring substituents is 1. The Hall–Kier alpha value is -2.64. The summed E-state index contributed by atoms with van der Waals surface area (Å²) >= 11 is 0. The van der Waals surface area contributed by atoms with E-state index in [0.717, 1.165) is 25.9 Å². The van der Waals surface area contributed by atoms with Crippen molar-refractivity contribution < 1.29 is 24.0 Å². The number of carbonyl (C=O) groups excluding carboxylic acids is 2. The van der Waals surface area contributed by atoms with E-state index in [-0.39, 0.29) is 17.4 Å². The molecule has 0 radical (unpaired) electrons. The largest absolute Gasteiger partial charge is 0.460 e. The van der Waals surface area contributed by atoms with Gasteiger partial charge in [0.1, 0.15) is 5.69 Å². The maximum Gasteiger partial charge on any atom is 0.344 e. The van der Waals surface area contributed by atoms with E-state index in [1.54, 1.807) is 19.9 Å². The molecule has 0 amide bonds. The molecule has 8 nitrogen and oxygen atoms in total. The van der Waals surface area contributed by atoms with Crippen LogP contribution < -0.4 is 4.90 Å². The summed E-state index contributed by atoms with van der Waals surface area (Å²) in [7, 11) is 0. The van der Waals surface area contributed by atoms with Crippen molar-refractivity contribution >= 4 is 23.3 Å². The van der Waals surface area contributed by atoms with E-state index >= 15 is 0 Å². The summed E-state index contributed by atoms with van der Waals surface area (Å²) in [4.78, 5) is 36.5. The monoisotopic (exact) mass is 364 g/mol. The van der Waals surface area contributed by atoms with E-state index in [1.807, 2.05) is 4.90 Å². The summed E-state index contributed by atoms with van der Waals surface area (Å²) in [5, 5.41) is 11.5. The van der Waals surface area contributed by atoms with Crippen LogP contribution in [0, 0.1) is 16.0 Å². The van der Waals surface area contributed by atoms with Crippen LogP contribution in [0.15, 0.2) is 18.2 Å². The number of hydrogen-bond acceptors (Lipinski definition) is 7. The highest BCUT2D eigenvalue weighted by Gasteiger charge is 2.25. The summed E-state index contributed by atoms with van der Waals surface area (Å²) < 4.78 is 9.75. The lowest BCUT2D eigenvalue weighted by Crippen LogP contribution is -2.34. The van der Waals surface area contributed by atoms with E-state index in [2.05, 4.69) is 6.92 Å². The van der Waals surface area contributed by atoms with Gasteiger partial charge >= 0.3 is 11.9 Å². The smallest absolute Gasteiger partial charge is 0.344 e. The predicted molar refractivity (Wildman–Crippen MR) is 95.2 cm³/mol. The average Bonchev–Trinajstić information content (AvgIpc) is 2.58. The molecule has 1 aliphatic rings. The standard InChI is InChI=1S/C18H24N2O6/c1-12(2)26-17(21)11-25-18(22)14-6-7-15(16(9-14)20(23)24)19-8-4-5-13(3)10-19/h6-7,9,12-13H,4-5,8,10-11H2,1-3H3. The van der Waals surface area contributed by atoms with Crippen molar-refractivity contribution in [3.05, 3.63) is 33.9 Å². The summed E-state index contributed by atoms with van der Waals surface area (Å²) in [6.07, 6.45) is 1.76. The van der Waals surface area contributed by atoms with Crippen LogP contribution in [0.1, 0.15) is 44.0 Å². The zero-order valence-corrected chi connectivity index (χ0v) is 15.3. The average molecular weight is 364 g/mol. The first-order valence-corrected chi connectivity index (χ1v) is 8.68. The molecule has 8 heteroatoms. The van der Waals surface area contributed by atoms with E-state index in [4.69, 9.17) is 9.47 Å². The third-order valence-electron chi connectivity index (χ3n) is 4.09. The van der Waals surface area contributed by atoms with Crippen molar-refractivity contribution in [3.63, 3.8) is 0 Å². The van der Waals surface area contributed by atoms with Crippen molar-refractivity contribution in [2.45, 2.75) is 39.7 Å². The second-order valence-electron chi connectivity index (χ2n) is 6.77. The van der Waals surface area contributed by atoms with Gasteiger partial charge in [-0.15, -0.1) is 0 Å². The first-order chi connectivity index (χ1) is 12.3. The number of esters is 2. The summed E-state index contributed by atoms with van der Waals surface area (Å²) in [5.41, 5.74) is 0.387. The Balaban J connectivity index is 2.13. The number of piperidine rings is 1. The van der Waals surface area contributed by atoms with Gasteiger partial charge in [0.2, 0.25) is 0 Å². The highest BCUT2D eigenvalue weighted by atomic mass is 16.6. The molecule has 0 aliphatic carbocycles. The molecule has 1 unspecified atom stereocenters. The maximum atomic E-state index is 12.1. The fourth-order valence-corrected chi connectivity index (χ4v) is 2.98. The Bertz CT molecular complexity index is 688. The van der Waals surface area contributed by atoms with Crippen molar-refractivity contribution in [1.82, 2.24) is 0 Å². The number of nitro groups is 1.